The molecule has 1 aliphatic heterocycles. The highest BCUT2D eigenvalue weighted by Crippen LogP contribution is 2.34. The molecule has 0 radical (unpaired) electrons. The van der Waals surface area contributed by atoms with Gasteiger partial charge in [0.1, 0.15) is 11.8 Å². The molecular formula is C11H11F2N3O4. The zero-order valence-electron chi connectivity index (χ0n) is 10.1. The smallest absolute Gasteiger partial charge is 0.292 e. The molecule has 0 spiro atoms. The first-order chi connectivity index (χ1) is 9.38. The molecule has 0 saturated heterocycles. The minimum absolute atomic E-state index is 0.0318. The highest BCUT2D eigenvalue weighted by molar-refractivity contribution is 6.00. The van der Waals surface area contributed by atoms with Crippen molar-refractivity contribution in [1.82, 2.24) is 0 Å². The Labute approximate surface area is 111 Å². The maximum atomic E-state index is 12.2. The molecule has 1 aliphatic rings. The largest absolute Gasteiger partial charge is 0.385 e. The average molecular weight is 287 g/mol. The summed E-state index contributed by atoms with van der Waals surface area (Å²) in [5.41, 5.74) is 0.508. The van der Waals surface area contributed by atoms with Gasteiger partial charge in [-0.1, -0.05) is 0 Å². The predicted molar refractivity (Wildman–Crippen MR) is 65.9 cm³/mol. The Morgan fingerprint density at radius 3 is 2.80 bits per heavy atom. The minimum Gasteiger partial charge on any atom is -0.385 e. The first-order valence-corrected chi connectivity index (χ1v) is 5.69. The van der Waals surface area contributed by atoms with Crippen LogP contribution in [0.15, 0.2) is 12.1 Å². The van der Waals surface area contributed by atoms with Crippen molar-refractivity contribution in [1.29, 1.82) is 0 Å². The molecule has 0 saturated carbocycles. The molecule has 1 unspecified atom stereocenters. The molecule has 9 heteroatoms. The van der Waals surface area contributed by atoms with Gasteiger partial charge in [0.2, 0.25) is 5.91 Å². The first kappa shape index (κ1) is 14.1. The second-order valence-electron chi connectivity index (χ2n) is 4.29. The standard InChI is InChI=1S/C11H11F2N3O4/c12-11(13)9(17)4-14-7-3-6-5(2-10(18)15-6)1-8(7)16(19)20/h1,3,9,11,14,17H,2,4H2,(H,15,18). The van der Waals surface area contributed by atoms with E-state index in [0.717, 1.165) is 0 Å². The van der Waals surface area contributed by atoms with Crippen LogP contribution < -0.4 is 10.6 Å². The lowest BCUT2D eigenvalue weighted by atomic mass is 10.1. The molecule has 1 aromatic rings. The van der Waals surface area contributed by atoms with Crippen LogP contribution in [0.2, 0.25) is 0 Å². The van der Waals surface area contributed by atoms with E-state index >= 15 is 0 Å². The van der Waals surface area contributed by atoms with Crippen LogP contribution >= 0.6 is 0 Å². The van der Waals surface area contributed by atoms with Crippen molar-refractivity contribution in [2.75, 3.05) is 17.2 Å². The summed E-state index contributed by atoms with van der Waals surface area (Å²) in [6.07, 6.45) is -4.84. The van der Waals surface area contributed by atoms with E-state index < -0.39 is 24.0 Å². The number of halogens is 2. The van der Waals surface area contributed by atoms with Crippen molar-refractivity contribution in [2.45, 2.75) is 19.0 Å². The van der Waals surface area contributed by atoms with Crippen LogP contribution in [0.5, 0.6) is 0 Å². The second-order valence-corrected chi connectivity index (χ2v) is 4.29. The van der Waals surface area contributed by atoms with Crippen LogP contribution in [0.4, 0.5) is 25.8 Å². The number of rotatable bonds is 5. The summed E-state index contributed by atoms with van der Waals surface area (Å²) < 4.78 is 24.4. The van der Waals surface area contributed by atoms with Gasteiger partial charge < -0.3 is 15.7 Å². The molecule has 1 aromatic carbocycles. The fourth-order valence-electron chi connectivity index (χ4n) is 1.86. The number of carbonyl (C=O) groups is 1. The maximum Gasteiger partial charge on any atom is 0.292 e. The van der Waals surface area contributed by atoms with Crippen molar-refractivity contribution in [3.63, 3.8) is 0 Å². The van der Waals surface area contributed by atoms with Crippen molar-refractivity contribution < 1.29 is 23.6 Å². The highest BCUT2D eigenvalue weighted by Gasteiger charge is 2.25. The zero-order chi connectivity index (χ0) is 14.9. The number of aliphatic hydroxyl groups is 1. The lowest BCUT2D eigenvalue weighted by Gasteiger charge is -2.13. The van der Waals surface area contributed by atoms with Crippen molar-refractivity contribution >= 4 is 23.0 Å². The van der Waals surface area contributed by atoms with Crippen molar-refractivity contribution in [3.8, 4) is 0 Å². The van der Waals surface area contributed by atoms with E-state index in [0.29, 0.717) is 11.3 Å². The van der Waals surface area contributed by atoms with Gasteiger partial charge in [-0.15, -0.1) is 0 Å². The van der Waals surface area contributed by atoms with Crippen LogP contribution in [0.1, 0.15) is 5.56 Å². The van der Waals surface area contributed by atoms with E-state index in [1.54, 1.807) is 0 Å². The SMILES string of the molecule is O=C1Cc2cc([N+](=O)[O-])c(NCC(O)C(F)F)cc2N1. The fourth-order valence-corrected chi connectivity index (χ4v) is 1.86. The van der Waals surface area contributed by atoms with Gasteiger partial charge in [0.25, 0.3) is 12.1 Å². The van der Waals surface area contributed by atoms with E-state index in [2.05, 4.69) is 10.6 Å². The van der Waals surface area contributed by atoms with Crippen LogP contribution in [0.25, 0.3) is 0 Å². The Balaban J connectivity index is 2.25. The van der Waals surface area contributed by atoms with Crippen LogP contribution in [-0.2, 0) is 11.2 Å². The quantitative estimate of drug-likeness (QED) is 0.556. The fraction of sp³-hybridized carbons (Fsp3) is 0.364. The van der Waals surface area contributed by atoms with Crippen molar-refractivity contribution in [3.05, 3.63) is 27.8 Å². The van der Waals surface area contributed by atoms with E-state index in [1.807, 2.05) is 0 Å². The molecule has 0 aromatic heterocycles. The third kappa shape index (κ3) is 2.82. The molecular weight excluding hydrogens is 276 g/mol. The molecule has 0 bridgehead atoms. The topological polar surface area (TPSA) is 104 Å². The molecule has 0 fully saturated rings. The molecule has 1 amide bonds. The Bertz CT molecular complexity index is 565. The summed E-state index contributed by atoms with van der Waals surface area (Å²) in [5.74, 6) is -0.293. The van der Waals surface area contributed by atoms with Crippen LogP contribution in [0.3, 0.4) is 0 Å². The van der Waals surface area contributed by atoms with Gasteiger partial charge in [0.05, 0.1) is 11.3 Å². The van der Waals surface area contributed by atoms with E-state index in [9.17, 15) is 23.7 Å². The number of nitro groups is 1. The Hall–Kier alpha value is -2.29. The number of carbonyl (C=O) groups excluding carboxylic acids is 1. The Morgan fingerprint density at radius 1 is 1.50 bits per heavy atom. The van der Waals surface area contributed by atoms with Gasteiger partial charge in [0, 0.05) is 18.3 Å². The number of amides is 1. The van der Waals surface area contributed by atoms with Crippen molar-refractivity contribution in [2.24, 2.45) is 0 Å². The lowest BCUT2D eigenvalue weighted by molar-refractivity contribution is -0.384. The number of aliphatic hydroxyl groups excluding tert-OH is 1. The molecule has 3 N–H and O–H groups in total. The predicted octanol–water partition coefficient (Wildman–Crippen LogP) is 1.13. The molecule has 1 atom stereocenters. The highest BCUT2D eigenvalue weighted by atomic mass is 19.3. The van der Waals surface area contributed by atoms with Gasteiger partial charge in [0.15, 0.2) is 0 Å². The number of nitrogens with one attached hydrogen (secondary N) is 2. The zero-order valence-corrected chi connectivity index (χ0v) is 10.1. The number of hydrogen-bond donors (Lipinski definition) is 3. The normalized spacial score (nSPS) is 14.9. The van der Waals surface area contributed by atoms with Gasteiger partial charge in [-0.25, -0.2) is 8.78 Å². The van der Waals surface area contributed by atoms with Gasteiger partial charge in [-0.2, -0.15) is 0 Å². The Morgan fingerprint density at radius 2 is 2.20 bits per heavy atom. The summed E-state index contributed by atoms with van der Waals surface area (Å²) in [6, 6.07) is 2.51. The number of nitro benzene ring substituents is 1. The monoisotopic (exact) mass is 287 g/mol. The summed E-state index contributed by atoms with van der Waals surface area (Å²) in [5, 5.41) is 24.8. The van der Waals surface area contributed by atoms with Gasteiger partial charge >= 0.3 is 0 Å². The van der Waals surface area contributed by atoms with Gasteiger partial charge in [-0.3, -0.25) is 14.9 Å². The third-order valence-corrected chi connectivity index (χ3v) is 2.84. The number of benzene rings is 1. The summed E-state index contributed by atoms with van der Waals surface area (Å²) in [4.78, 5) is 21.5. The minimum atomic E-state index is -2.95. The maximum absolute atomic E-state index is 12.2. The lowest BCUT2D eigenvalue weighted by Crippen LogP contribution is -2.27. The van der Waals surface area contributed by atoms with Crippen LogP contribution in [-0.4, -0.2) is 35.0 Å². The van der Waals surface area contributed by atoms with E-state index in [-0.39, 0.29) is 23.7 Å². The average Bonchev–Trinajstić information content (AvgIpc) is 2.73. The third-order valence-electron chi connectivity index (χ3n) is 2.84. The first-order valence-electron chi connectivity index (χ1n) is 5.69. The number of anilines is 2. The molecule has 7 nitrogen and oxygen atoms in total. The van der Waals surface area contributed by atoms with E-state index in [4.69, 9.17) is 5.11 Å². The molecule has 0 aliphatic carbocycles. The number of alkyl halides is 2. The summed E-state index contributed by atoms with van der Waals surface area (Å²) >= 11 is 0. The second kappa shape index (κ2) is 5.37. The Kier molecular flexibility index (Phi) is 3.79. The van der Waals surface area contributed by atoms with Crippen LogP contribution in [0, 0.1) is 10.1 Å². The summed E-state index contributed by atoms with van der Waals surface area (Å²) in [7, 11) is 0. The molecule has 108 valence electrons. The summed E-state index contributed by atoms with van der Waals surface area (Å²) in [6.45, 7) is -0.536. The molecule has 1 heterocycles. The molecule has 2 rings (SSSR count). The molecule has 20 heavy (non-hydrogen) atoms. The number of nitrogens with zero attached hydrogens (tertiary/aromatic N) is 1. The van der Waals surface area contributed by atoms with E-state index in [1.165, 1.54) is 12.1 Å². The number of fused-ring (bicyclic) bond motifs is 1. The van der Waals surface area contributed by atoms with Gasteiger partial charge in [-0.05, 0) is 11.6 Å². The number of hydrogen-bond acceptors (Lipinski definition) is 5.